The van der Waals surface area contributed by atoms with Gasteiger partial charge in [0.2, 0.25) is 0 Å². The minimum absolute atomic E-state index is 0.00346. The molecule has 2 aromatic carbocycles. The van der Waals surface area contributed by atoms with Crippen molar-refractivity contribution in [1.29, 1.82) is 5.41 Å². The van der Waals surface area contributed by atoms with Gasteiger partial charge < -0.3 is 14.9 Å². The van der Waals surface area contributed by atoms with Gasteiger partial charge >= 0.3 is 0 Å². The molecular formula is C15H13N3O2S. The van der Waals surface area contributed by atoms with Crippen molar-refractivity contribution in [1.82, 2.24) is 4.98 Å². The van der Waals surface area contributed by atoms with E-state index in [1.807, 2.05) is 30.3 Å². The van der Waals surface area contributed by atoms with Crippen molar-refractivity contribution < 1.29 is 9.15 Å². The van der Waals surface area contributed by atoms with Gasteiger partial charge in [0.05, 0.1) is 7.11 Å². The van der Waals surface area contributed by atoms with Crippen molar-refractivity contribution in [3.63, 3.8) is 0 Å². The molecule has 0 saturated heterocycles. The van der Waals surface area contributed by atoms with Gasteiger partial charge in [-0.15, -0.1) is 0 Å². The van der Waals surface area contributed by atoms with Crippen LogP contribution in [0.2, 0.25) is 0 Å². The highest BCUT2D eigenvalue weighted by Crippen LogP contribution is 2.34. The molecule has 6 heteroatoms. The average molecular weight is 299 g/mol. The number of ether oxygens (including phenoxy) is 1. The molecule has 21 heavy (non-hydrogen) atoms. The second-order valence-electron chi connectivity index (χ2n) is 4.33. The van der Waals surface area contributed by atoms with E-state index in [0.29, 0.717) is 16.5 Å². The van der Waals surface area contributed by atoms with Crippen LogP contribution in [0.5, 0.6) is 5.75 Å². The van der Waals surface area contributed by atoms with E-state index >= 15 is 0 Å². The van der Waals surface area contributed by atoms with E-state index in [0.717, 1.165) is 16.0 Å². The molecule has 0 amide bonds. The zero-order valence-electron chi connectivity index (χ0n) is 11.3. The molecule has 0 atom stereocenters. The molecule has 5 nitrogen and oxygen atoms in total. The van der Waals surface area contributed by atoms with Crippen LogP contribution in [0.1, 0.15) is 5.56 Å². The predicted molar refractivity (Wildman–Crippen MR) is 82.1 cm³/mol. The Labute approximate surface area is 125 Å². The molecule has 106 valence electrons. The van der Waals surface area contributed by atoms with Crippen LogP contribution in [0.3, 0.4) is 0 Å². The normalized spacial score (nSPS) is 10.7. The number of amidine groups is 1. The number of nitrogens with one attached hydrogen (secondary N) is 1. The molecule has 0 aliphatic rings. The quantitative estimate of drug-likeness (QED) is 0.570. The minimum Gasteiger partial charge on any atom is -0.497 e. The fraction of sp³-hybridized carbons (Fsp3) is 0.0667. The van der Waals surface area contributed by atoms with Crippen LogP contribution < -0.4 is 10.5 Å². The first-order chi connectivity index (χ1) is 10.2. The summed E-state index contributed by atoms with van der Waals surface area (Å²) in [4.78, 5) is 5.18. The summed E-state index contributed by atoms with van der Waals surface area (Å²) >= 11 is 1.32. The summed E-state index contributed by atoms with van der Waals surface area (Å²) in [5, 5.41) is 8.16. The molecule has 0 unspecified atom stereocenters. The Morgan fingerprint density at radius 2 is 2.10 bits per heavy atom. The number of rotatable bonds is 4. The molecule has 3 aromatic rings. The Morgan fingerprint density at radius 3 is 2.81 bits per heavy atom. The zero-order valence-corrected chi connectivity index (χ0v) is 12.1. The molecule has 1 heterocycles. The number of methoxy groups -OCH3 is 1. The predicted octanol–water partition coefficient (Wildman–Crippen LogP) is 3.27. The van der Waals surface area contributed by atoms with E-state index in [4.69, 9.17) is 20.3 Å². The lowest BCUT2D eigenvalue weighted by atomic mass is 10.2. The molecule has 0 saturated carbocycles. The summed E-state index contributed by atoms with van der Waals surface area (Å²) in [5.41, 5.74) is 7.77. The highest BCUT2D eigenvalue weighted by atomic mass is 32.2. The maximum absolute atomic E-state index is 7.65. The fourth-order valence-corrected chi connectivity index (χ4v) is 2.85. The Morgan fingerprint density at radius 1 is 1.29 bits per heavy atom. The summed E-state index contributed by atoms with van der Waals surface area (Å²) in [6.07, 6.45) is 0. The van der Waals surface area contributed by atoms with Gasteiger partial charge in [-0.05, 0) is 42.1 Å². The highest BCUT2D eigenvalue weighted by molar-refractivity contribution is 7.99. The summed E-state index contributed by atoms with van der Waals surface area (Å²) in [6, 6.07) is 12.9. The van der Waals surface area contributed by atoms with Gasteiger partial charge in [0.25, 0.3) is 5.22 Å². The molecule has 0 aliphatic heterocycles. The number of aromatic nitrogens is 1. The van der Waals surface area contributed by atoms with Gasteiger partial charge in [0, 0.05) is 10.5 Å². The first-order valence-electron chi connectivity index (χ1n) is 6.23. The van der Waals surface area contributed by atoms with Crippen LogP contribution in [0, 0.1) is 5.41 Å². The monoisotopic (exact) mass is 299 g/mol. The number of hydrogen-bond donors (Lipinski definition) is 2. The Hall–Kier alpha value is -2.47. The van der Waals surface area contributed by atoms with Gasteiger partial charge in [0.1, 0.15) is 17.1 Å². The van der Waals surface area contributed by atoms with E-state index in [2.05, 4.69) is 4.98 Å². The van der Waals surface area contributed by atoms with E-state index in [-0.39, 0.29) is 5.84 Å². The lowest BCUT2D eigenvalue weighted by molar-refractivity contribution is 0.413. The smallest absolute Gasteiger partial charge is 0.261 e. The zero-order chi connectivity index (χ0) is 14.8. The molecule has 1 aromatic heterocycles. The largest absolute Gasteiger partial charge is 0.497 e. The van der Waals surface area contributed by atoms with Gasteiger partial charge in [-0.3, -0.25) is 5.41 Å². The van der Waals surface area contributed by atoms with Crippen LogP contribution in [0.4, 0.5) is 0 Å². The van der Waals surface area contributed by atoms with E-state index in [9.17, 15) is 0 Å². The minimum atomic E-state index is -0.00346. The summed E-state index contributed by atoms with van der Waals surface area (Å²) in [5.74, 6) is 0.690. The van der Waals surface area contributed by atoms with E-state index in [1.165, 1.54) is 11.8 Å². The maximum Gasteiger partial charge on any atom is 0.261 e. The third kappa shape index (κ3) is 2.71. The lowest BCUT2D eigenvalue weighted by Crippen LogP contribution is -2.12. The standard InChI is InChI=1S/C15H13N3O2S/c1-19-9-6-7-10(14(16)17)13(8-9)21-15-18-11-4-2-3-5-12(11)20-15/h2-8H,1H3,(H3,16,17). The molecule has 0 bridgehead atoms. The number of para-hydroxylation sites is 2. The highest BCUT2D eigenvalue weighted by Gasteiger charge is 2.13. The van der Waals surface area contributed by atoms with Crippen molar-refractivity contribution in [3.05, 3.63) is 48.0 Å². The number of nitrogens with two attached hydrogens (primary N) is 1. The van der Waals surface area contributed by atoms with Crippen molar-refractivity contribution in [2.24, 2.45) is 5.73 Å². The number of oxazole rings is 1. The number of benzene rings is 2. The van der Waals surface area contributed by atoms with Crippen LogP contribution >= 0.6 is 11.8 Å². The molecule has 0 fully saturated rings. The third-order valence-corrected chi connectivity index (χ3v) is 3.86. The summed E-state index contributed by atoms with van der Waals surface area (Å²) in [6.45, 7) is 0. The van der Waals surface area contributed by atoms with Crippen molar-refractivity contribution in [2.45, 2.75) is 10.1 Å². The van der Waals surface area contributed by atoms with Gasteiger partial charge in [-0.25, -0.2) is 4.98 Å². The van der Waals surface area contributed by atoms with E-state index in [1.54, 1.807) is 19.2 Å². The van der Waals surface area contributed by atoms with Crippen molar-refractivity contribution in [2.75, 3.05) is 7.11 Å². The topological polar surface area (TPSA) is 85.1 Å². The number of fused-ring (bicyclic) bond motifs is 1. The van der Waals surface area contributed by atoms with E-state index < -0.39 is 0 Å². The number of nitrogens with zero attached hydrogens (tertiary/aromatic N) is 1. The molecule has 0 aliphatic carbocycles. The van der Waals surface area contributed by atoms with Crippen molar-refractivity contribution in [3.8, 4) is 5.75 Å². The Kier molecular flexibility index (Phi) is 3.53. The lowest BCUT2D eigenvalue weighted by Gasteiger charge is -2.08. The summed E-state index contributed by atoms with van der Waals surface area (Å²) in [7, 11) is 1.59. The molecule has 0 radical (unpaired) electrons. The Bertz CT molecular complexity index is 781. The molecule has 3 rings (SSSR count). The van der Waals surface area contributed by atoms with Crippen LogP contribution in [-0.4, -0.2) is 17.9 Å². The van der Waals surface area contributed by atoms with Crippen LogP contribution in [0.15, 0.2) is 57.0 Å². The molecule has 3 N–H and O–H groups in total. The first kappa shape index (κ1) is 13.5. The van der Waals surface area contributed by atoms with Gasteiger partial charge in [0.15, 0.2) is 5.58 Å². The average Bonchev–Trinajstić information content (AvgIpc) is 2.89. The maximum atomic E-state index is 7.65. The Balaban J connectivity index is 2.01. The fourth-order valence-electron chi connectivity index (χ4n) is 1.93. The molecular weight excluding hydrogens is 286 g/mol. The third-order valence-electron chi connectivity index (χ3n) is 2.95. The van der Waals surface area contributed by atoms with Gasteiger partial charge in [-0.2, -0.15) is 0 Å². The van der Waals surface area contributed by atoms with Crippen LogP contribution in [-0.2, 0) is 0 Å². The first-order valence-corrected chi connectivity index (χ1v) is 7.05. The number of nitrogen functional groups attached to an aromatic ring is 1. The molecule has 0 spiro atoms. The number of hydrogen-bond acceptors (Lipinski definition) is 5. The van der Waals surface area contributed by atoms with Gasteiger partial charge in [-0.1, -0.05) is 12.1 Å². The summed E-state index contributed by atoms with van der Waals surface area (Å²) < 4.78 is 10.9. The van der Waals surface area contributed by atoms with Crippen LogP contribution in [0.25, 0.3) is 11.1 Å². The van der Waals surface area contributed by atoms with Crippen molar-refractivity contribution >= 4 is 28.7 Å². The SMILES string of the molecule is COc1ccc(C(=N)N)c(Sc2nc3ccccc3o2)c1. The second-order valence-corrected chi connectivity index (χ2v) is 5.32. The second kappa shape index (κ2) is 5.49.